The number of rotatable bonds is 5. The predicted octanol–water partition coefficient (Wildman–Crippen LogP) is 3.22. The molecule has 0 amide bonds. The zero-order valence-electron chi connectivity index (χ0n) is 13.7. The molecule has 1 heterocycles. The fourth-order valence-electron chi connectivity index (χ4n) is 2.54. The first-order valence-electron chi connectivity index (χ1n) is 7.47. The van der Waals surface area contributed by atoms with Crippen LogP contribution in [0, 0.1) is 11.3 Å². The van der Waals surface area contributed by atoms with Gasteiger partial charge in [-0.05, 0) is 24.3 Å². The number of carbonyl (C=O) groups excluding carboxylic acids is 1. The number of allylic oxidation sites excluding steroid dienone is 1. The minimum absolute atomic E-state index is 0.0730. The number of fused-ring (bicyclic) bond motifs is 1. The number of hydrogen-bond donors (Lipinski definition) is 0. The summed E-state index contributed by atoms with van der Waals surface area (Å²) in [6, 6.07) is 12.1. The van der Waals surface area contributed by atoms with Crippen LogP contribution < -0.4 is 18.9 Å². The van der Waals surface area contributed by atoms with Gasteiger partial charge in [-0.15, -0.1) is 0 Å². The zero-order chi connectivity index (χ0) is 17.8. The van der Waals surface area contributed by atoms with Crippen molar-refractivity contribution in [2.45, 2.75) is 0 Å². The average Bonchev–Trinajstić information content (AvgIpc) is 2.94. The van der Waals surface area contributed by atoms with E-state index in [0.717, 1.165) is 0 Å². The Bertz CT molecular complexity index is 895. The minimum atomic E-state index is -0.230. The van der Waals surface area contributed by atoms with E-state index in [1.165, 1.54) is 7.11 Å². The highest BCUT2D eigenvalue weighted by Gasteiger charge is 2.28. The number of Topliss-reactive ketones (excluding diaryl/α,β-unsaturated/α-hetero) is 1. The second-order valence-corrected chi connectivity index (χ2v) is 5.13. The molecule has 0 fully saturated rings. The summed E-state index contributed by atoms with van der Waals surface area (Å²) in [5.41, 5.74) is 1.11. The monoisotopic (exact) mass is 337 g/mol. The van der Waals surface area contributed by atoms with Crippen LogP contribution in [0.1, 0.15) is 15.9 Å². The van der Waals surface area contributed by atoms with Crippen molar-refractivity contribution in [3.05, 3.63) is 53.3 Å². The first kappa shape index (κ1) is 16.4. The van der Waals surface area contributed by atoms with Crippen LogP contribution in [0.2, 0.25) is 0 Å². The van der Waals surface area contributed by atoms with E-state index in [9.17, 15) is 4.79 Å². The maximum Gasteiger partial charge on any atom is 0.231 e. The first-order valence-corrected chi connectivity index (χ1v) is 7.47. The van der Waals surface area contributed by atoms with E-state index < -0.39 is 0 Å². The molecule has 1 aliphatic heterocycles. The summed E-state index contributed by atoms with van der Waals surface area (Å²) in [5, 5.41) is 8.57. The number of hydrogen-bond acceptors (Lipinski definition) is 6. The number of para-hydroxylation sites is 1. The van der Waals surface area contributed by atoms with Gasteiger partial charge >= 0.3 is 0 Å². The Hall–Kier alpha value is -3.46. The molecule has 0 atom stereocenters. The second-order valence-electron chi connectivity index (χ2n) is 5.13. The van der Waals surface area contributed by atoms with Crippen molar-refractivity contribution in [3.63, 3.8) is 0 Å². The molecule has 0 saturated carbocycles. The smallest absolute Gasteiger partial charge is 0.231 e. The van der Waals surface area contributed by atoms with Gasteiger partial charge in [0.1, 0.15) is 17.6 Å². The molecule has 0 saturated heterocycles. The molecule has 1 aliphatic rings. The van der Waals surface area contributed by atoms with Crippen LogP contribution in [0.3, 0.4) is 0 Å². The molecule has 0 spiro atoms. The zero-order valence-corrected chi connectivity index (χ0v) is 13.7. The van der Waals surface area contributed by atoms with Crippen molar-refractivity contribution in [1.29, 1.82) is 5.26 Å². The Kier molecular flexibility index (Phi) is 4.57. The summed E-state index contributed by atoms with van der Waals surface area (Å²) in [6.07, 6.45) is 1.61. The summed E-state index contributed by atoms with van der Waals surface area (Å²) in [6.45, 7) is -0.0730. The van der Waals surface area contributed by atoms with Crippen LogP contribution in [0.5, 0.6) is 23.0 Å². The maximum atomic E-state index is 12.5. The Morgan fingerprint density at radius 3 is 2.76 bits per heavy atom. The molecule has 0 bridgehead atoms. The molecular weight excluding hydrogens is 322 g/mol. The number of ether oxygens (including phenoxy) is 4. The molecule has 0 N–H and O–H groups in total. The molecule has 126 valence electrons. The van der Waals surface area contributed by atoms with Crippen molar-refractivity contribution in [2.24, 2.45) is 0 Å². The first-order chi connectivity index (χ1) is 12.2. The van der Waals surface area contributed by atoms with Crippen LogP contribution >= 0.6 is 0 Å². The number of nitrogens with zero attached hydrogens (tertiary/aromatic N) is 1. The van der Waals surface area contributed by atoms with Gasteiger partial charge in [0.25, 0.3) is 0 Å². The number of ketones is 1. The van der Waals surface area contributed by atoms with Crippen LogP contribution in [0.25, 0.3) is 6.08 Å². The van der Waals surface area contributed by atoms with E-state index in [-0.39, 0.29) is 18.1 Å². The van der Waals surface area contributed by atoms with Gasteiger partial charge in [0.2, 0.25) is 5.78 Å². The van der Waals surface area contributed by atoms with Crippen molar-refractivity contribution in [1.82, 2.24) is 0 Å². The number of methoxy groups -OCH3 is 2. The quantitative estimate of drug-likeness (QED) is 0.780. The van der Waals surface area contributed by atoms with E-state index in [1.54, 1.807) is 49.6 Å². The number of benzene rings is 2. The van der Waals surface area contributed by atoms with Crippen LogP contribution in [-0.4, -0.2) is 26.6 Å². The highest BCUT2D eigenvalue weighted by Crippen LogP contribution is 2.37. The summed E-state index contributed by atoms with van der Waals surface area (Å²) >= 11 is 0. The lowest BCUT2D eigenvalue weighted by Crippen LogP contribution is -1.99. The average molecular weight is 337 g/mol. The van der Waals surface area contributed by atoms with E-state index in [4.69, 9.17) is 24.2 Å². The van der Waals surface area contributed by atoms with Crippen molar-refractivity contribution in [3.8, 4) is 29.1 Å². The third kappa shape index (κ3) is 3.12. The highest BCUT2D eigenvalue weighted by atomic mass is 16.5. The maximum absolute atomic E-state index is 12.5. The minimum Gasteiger partial charge on any atom is -0.493 e. The number of carbonyl (C=O) groups is 1. The largest absolute Gasteiger partial charge is 0.493 e. The fourth-order valence-corrected chi connectivity index (χ4v) is 2.54. The fraction of sp³-hybridized carbons (Fsp3) is 0.158. The lowest BCUT2D eigenvalue weighted by molar-refractivity contribution is 0.101. The Balaban J connectivity index is 1.94. The van der Waals surface area contributed by atoms with Crippen molar-refractivity contribution < 1.29 is 23.7 Å². The van der Waals surface area contributed by atoms with E-state index in [1.807, 2.05) is 6.07 Å². The van der Waals surface area contributed by atoms with E-state index >= 15 is 0 Å². The van der Waals surface area contributed by atoms with Crippen LogP contribution in [0.15, 0.2) is 42.2 Å². The molecular formula is C19H15NO5. The molecule has 25 heavy (non-hydrogen) atoms. The summed E-state index contributed by atoms with van der Waals surface area (Å²) < 4.78 is 21.5. The lowest BCUT2D eigenvalue weighted by atomic mass is 10.1. The van der Waals surface area contributed by atoms with Gasteiger partial charge in [0, 0.05) is 11.6 Å². The van der Waals surface area contributed by atoms with Crippen molar-refractivity contribution in [2.75, 3.05) is 20.8 Å². The summed E-state index contributed by atoms with van der Waals surface area (Å²) in [7, 11) is 3.08. The summed E-state index contributed by atoms with van der Waals surface area (Å²) in [4.78, 5) is 12.5. The molecule has 0 aliphatic carbocycles. The third-order valence-corrected chi connectivity index (χ3v) is 3.66. The topological polar surface area (TPSA) is 77.8 Å². The normalized spacial score (nSPS) is 13.8. The molecule has 3 rings (SSSR count). The standard InChI is InChI=1S/C19H15NO5/c1-22-15-5-3-4-12(19(15)23-2)10-17-18(21)14-7-6-13(24-9-8-20)11-16(14)25-17/h3-7,10-11H,9H2,1-2H3/b17-10-. The van der Waals surface area contributed by atoms with Gasteiger partial charge in [-0.2, -0.15) is 5.26 Å². The van der Waals surface area contributed by atoms with E-state index in [2.05, 4.69) is 0 Å². The second kappa shape index (κ2) is 6.97. The van der Waals surface area contributed by atoms with Gasteiger partial charge in [-0.1, -0.05) is 12.1 Å². The Labute approximate surface area is 144 Å². The highest BCUT2D eigenvalue weighted by molar-refractivity contribution is 6.14. The molecule has 6 heteroatoms. The lowest BCUT2D eigenvalue weighted by Gasteiger charge is -2.10. The van der Waals surface area contributed by atoms with Crippen LogP contribution in [-0.2, 0) is 0 Å². The Morgan fingerprint density at radius 1 is 1.20 bits per heavy atom. The number of nitriles is 1. The van der Waals surface area contributed by atoms with Crippen LogP contribution in [0.4, 0.5) is 0 Å². The molecule has 6 nitrogen and oxygen atoms in total. The van der Waals surface area contributed by atoms with Gasteiger partial charge in [-0.3, -0.25) is 4.79 Å². The van der Waals surface area contributed by atoms with Gasteiger partial charge < -0.3 is 18.9 Å². The van der Waals surface area contributed by atoms with Crippen molar-refractivity contribution >= 4 is 11.9 Å². The molecule has 0 unspecified atom stereocenters. The summed E-state index contributed by atoms with van der Waals surface area (Å²) in [5.74, 6) is 1.89. The molecule has 0 aromatic heterocycles. The van der Waals surface area contributed by atoms with Gasteiger partial charge in [0.15, 0.2) is 23.9 Å². The molecule has 2 aromatic rings. The SMILES string of the molecule is COc1cccc(/C=C2\Oc3cc(OCC#N)ccc3C2=O)c1OC. The Morgan fingerprint density at radius 2 is 2.04 bits per heavy atom. The van der Waals surface area contributed by atoms with E-state index in [0.29, 0.717) is 34.1 Å². The third-order valence-electron chi connectivity index (χ3n) is 3.66. The van der Waals surface area contributed by atoms with Gasteiger partial charge in [0.05, 0.1) is 19.8 Å². The molecule has 0 radical (unpaired) electrons. The van der Waals surface area contributed by atoms with Gasteiger partial charge in [-0.25, -0.2) is 0 Å². The molecule has 2 aromatic carbocycles. The predicted molar refractivity (Wildman–Crippen MR) is 90.0 cm³/mol.